The van der Waals surface area contributed by atoms with E-state index in [0.29, 0.717) is 18.0 Å². The van der Waals surface area contributed by atoms with Crippen LogP contribution in [0.5, 0.6) is 0 Å². The highest BCUT2D eigenvalue weighted by atomic mass is 19.1. The number of rotatable bonds is 7. The number of aromatic nitrogens is 1. The van der Waals surface area contributed by atoms with Crippen molar-refractivity contribution in [3.63, 3.8) is 0 Å². The molecule has 1 aromatic heterocycles. The molecule has 1 heterocycles. The molecule has 27 heavy (non-hydrogen) atoms. The van der Waals surface area contributed by atoms with Gasteiger partial charge >= 0.3 is 0 Å². The molecule has 1 fully saturated rings. The van der Waals surface area contributed by atoms with Gasteiger partial charge in [-0.3, -0.25) is 4.79 Å². The first-order chi connectivity index (χ1) is 12.8. The van der Waals surface area contributed by atoms with Crippen LogP contribution in [0.3, 0.4) is 0 Å². The Labute approximate surface area is 158 Å². The zero-order valence-electron chi connectivity index (χ0n) is 15.9. The minimum atomic E-state index is -1.19. The Bertz CT molecular complexity index is 845. The van der Waals surface area contributed by atoms with E-state index in [1.165, 1.54) is 24.3 Å². The largest absolute Gasteiger partial charge is 0.369 e. The average molecular weight is 373 g/mol. The molecule has 1 aromatic carbocycles. The summed E-state index contributed by atoms with van der Waals surface area (Å²) in [6, 6.07) is 7.21. The maximum Gasteiger partial charge on any atom is 0.227 e. The van der Waals surface area contributed by atoms with E-state index in [1.54, 1.807) is 19.9 Å². The molecule has 4 nitrogen and oxygen atoms in total. The number of nitrogens with zero attached hydrogens (tertiary/aromatic N) is 1. The van der Waals surface area contributed by atoms with Gasteiger partial charge in [0.05, 0.1) is 5.41 Å². The first-order valence-corrected chi connectivity index (χ1v) is 9.17. The molecule has 1 saturated carbocycles. The highest BCUT2D eigenvalue weighted by Gasteiger charge is 2.37. The highest BCUT2D eigenvalue weighted by Crippen LogP contribution is 2.43. The average Bonchev–Trinajstić information content (AvgIpc) is 3.45. The van der Waals surface area contributed by atoms with Gasteiger partial charge in [0.1, 0.15) is 11.5 Å². The lowest BCUT2D eigenvalue weighted by Gasteiger charge is -2.25. The predicted molar refractivity (Wildman–Crippen MR) is 101 cm³/mol. The van der Waals surface area contributed by atoms with Gasteiger partial charge in [-0.1, -0.05) is 0 Å². The van der Waals surface area contributed by atoms with Crippen LogP contribution in [0.25, 0.3) is 11.3 Å². The second kappa shape index (κ2) is 7.35. The van der Waals surface area contributed by atoms with Crippen LogP contribution < -0.4 is 11.1 Å². The van der Waals surface area contributed by atoms with Crippen LogP contribution in [0.4, 0.5) is 8.78 Å². The van der Waals surface area contributed by atoms with Crippen LogP contribution in [0.2, 0.25) is 0 Å². The van der Waals surface area contributed by atoms with Gasteiger partial charge in [0.15, 0.2) is 5.82 Å². The Balaban J connectivity index is 2.21. The Morgan fingerprint density at radius 2 is 1.93 bits per heavy atom. The summed E-state index contributed by atoms with van der Waals surface area (Å²) in [6.07, 6.45) is 2.21. The van der Waals surface area contributed by atoms with E-state index >= 15 is 4.39 Å². The molecule has 1 aliphatic rings. The van der Waals surface area contributed by atoms with Gasteiger partial charge in [-0.25, -0.2) is 13.8 Å². The molecule has 0 bridgehead atoms. The lowest BCUT2D eigenvalue weighted by molar-refractivity contribution is -0.122. The maximum atomic E-state index is 15.4. The van der Waals surface area contributed by atoms with Gasteiger partial charge in [0, 0.05) is 29.3 Å². The number of benzene rings is 1. The zero-order valence-corrected chi connectivity index (χ0v) is 15.9. The van der Waals surface area contributed by atoms with Gasteiger partial charge in [-0.05, 0) is 70.0 Å². The topological polar surface area (TPSA) is 68.0 Å². The maximum absolute atomic E-state index is 15.4. The van der Waals surface area contributed by atoms with E-state index in [1.807, 2.05) is 7.05 Å². The van der Waals surface area contributed by atoms with Crippen LogP contribution in [-0.4, -0.2) is 24.5 Å². The fourth-order valence-electron chi connectivity index (χ4n) is 3.36. The quantitative estimate of drug-likeness (QED) is 0.780. The SMILES string of the molecule is CNCC(c1cc(C(C)(C)C(N)=O)c(F)c(-c2ccc(F)cc2)n1)C1CC1. The lowest BCUT2D eigenvalue weighted by Crippen LogP contribution is -2.37. The summed E-state index contributed by atoms with van der Waals surface area (Å²) in [4.78, 5) is 16.6. The first-order valence-electron chi connectivity index (χ1n) is 9.17. The third-order valence-corrected chi connectivity index (χ3v) is 5.38. The van der Waals surface area contributed by atoms with E-state index in [4.69, 9.17) is 5.73 Å². The minimum Gasteiger partial charge on any atom is -0.369 e. The van der Waals surface area contributed by atoms with Crippen molar-refractivity contribution in [2.24, 2.45) is 11.7 Å². The van der Waals surface area contributed by atoms with Crippen molar-refractivity contribution in [2.75, 3.05) is 13.6 Å². The molecule has 3 rings (SSSR count). The summed E-state index contributed by atoms with van der Waals surface area (Å²) in [5.41, 5.74) is 5.91. The van der Waals surface area contributed by atoms with Crippen LogP contribution in [-0.2, 0) is 10.2 Å². The number of hydrogen-bond acceptors (Lipinski definition) is 3. The third-order valence-electron chi connectivity index (χ3n) is 5.38. The van der Waals surface area contributed by atoms with Crippen LogP contribution >= 0.6 is 0 Å². The van der Waals surface area contributed by atoms with Gasteiger partial charge in [-0.15, -0.1) is 0 Å². The number of amides is 1. The molecular formula is C21H25F2N3O. The summed E-state index contributed by atoms with van der Waals surface area (Å²) in [5, 5.41) is 3.17. The van der Waals surface area contributed by atoms with Crippen molar-refractivity contribution in [1.82, 2.24) is 10.3 Å². The molecule has 6 heteroatoms. The fraction of sp³-hybridized carbons (Fsp3) is 0.429. The van der Waals surface area contributed by atoms with Crippen LogP contribution in [0.1, 0.15) is 43.9 Å². The highest BCUT2D eigenvalue weighted by molar-refractivity contribution is 5.86. The number of halogens is 2. The predicted octanol–water partition coefficient (Wildman–Crippen LogP) is 3.50. The molecule has 0 saturated heterocycles. The Morgan fingerprint density at radius 1 is 1.30 bits per heavy atom. The smallest absolute Gasteiger partial charge is 0.227 e. The Kier molecular flexibility index (Phi) is 5.29. The van der Waals surface area contributed by atoms with E-state index < -0.39 is 23.0 Å². The van der Waals surface area contributed by atoms with E-state index in [0.717, 1.165) is 18.5 Å². The van der Waals surface area contributed by atoms with Crippen LogP contribution in [0.15, 0.2) is 30.3 Å². The monoisotopic (exact) mass is 373 g/mol. The molecule has 0 radical (unpaired) electrons. The molecule has 2 aromatic rings. The molecular weight excluding hydrogens is 348 g/mol. The lowest BCUT2D eigenvalue weighted by atomic mass is 9.81. The van der Waals surface area contributed by atoms with Gasteiger partial charge < -0.3 is 11.1 Å². The van der Waals surface area contributed by atoms with E-state index in [-0.39, 0.29) is 17.2 Å². The first kappa shape index (κ1) is 19.4. The van der Waals surface area contributed by atoms with Crippen LogP contribution in [0, 0.1) is 17.6 Å². The molecule has 0 aliphatic heterocycles. The number of pyridine rings is 1. The summed E-state index contributed by atoms with van der Waals surface area (Å²) >= 11 is 0. The van der Waals surface area contributed by atoms with E-state index in [9.17, 15) is 9.18 Å². The van der Waals surface area contributed by atoms with Crippen molar-refractivity contribution >= 4 is 5.91 Å². The summed E-state index contributed by atoms with van der Waals surface area (Å²) < 4.78 is 28.7. The van der Waals surface area contributed by atoms with Crippen molar-refractivity contribution < 1.29 is 13.6 Å². The number of likely N-dealkylation sites (N-methyl/N-ethyl adjacent to an activating group) is 1. The number of hydrogen-bond donors (Lipinski definition) is 2. The Hall–Kier alpha value is -2.34. The summed E-state index contributed by atoms with van der Waals surface area (Å²) in [5.74, 6) is -0.995. The second-order valence-corrected chi connectivity index (χ2v) is 7.76. The van der Waals surface area contributed by atoms with E-state index in [2.05, 4.69) is 10.3 Å². The number of carbonyl (C=O) groups excluding carboxylic acids is 1. The summed E-state index contributed by atoms with van der Waals surface area (Å²) in [6.45, 7) is 3.93. The summed E-state index contributed by atoms with van der Waals surface area (Å²) in [7, 11) is 1.87. The standard InChI is InChI=1S/C21H25F2N3O/c1-21(2,20(24)27)16-10-17(15(11-25-3)12-4-5-12)26-19(18(16)23)13-6-8-14(22)9-7-13/h6-10,12,15,25H,4-5,11H2,1-3H3,(H2,24,27). The molecule has 1 unspecified atom stereocenters. The number of carbonyl (C=O) groups is 1. The zero-order chi connectivity index (χ0) is 19.8. The molecule has 1 aliphatic carbocycles. The minimum absolute atomic E-state index is 0.122. The molecule has 144 valence electrons. The molecule has 1 amide bonds. The third kappa shape index (κ3) is 3.86. The van der Waals surface area contributed by atoms with Gasteiger partial charge in [0.25, 0.3) is 0 Å². The molecule has 0 spiro atoms. The molecule has 1 atom stereocenters. The molecule has 3 N–H and O–H groups in total. The Morgan fingerprint density at radius 3 is 2.44 bits per heavy atom. The van der Waals surface area contributed by atoms with Crippen molar-refractivity contribution in [3.05, 3.63) is 53.2 Å². The number of primary amides is 1. The van der Waals surface area contributed by atoms with Crippen molar-refractivity contribution in [2.45, 2.75) is 38.0 Å². The van der Waals surface area contributed by atoms with Crippen molar-refractivity contribution in [3.8, 4) is 11.3 Å². The van der Waals surface area contributed by atoms with Gasteiger partial charge in [-0.2, -0.15) is 0 Å². The second-order valence-electron chi connectivity index (χ2n) is 7.76. The normalized spacial score (nSPS) is 15.6. The number of nitrogens with two attached hydrogens (primary N) is 1. The number of nitrogens with one attached hydrogen (secondary N) is 1. The van der Waals surface area contributed by atoms with Crippen molar-refractivity contribution in [1.29, 1.82) is 0 Å². The van der Waals surface area contributed by atoms with Gasteiger partial charge in [0.2, 0.25) is 5.91 Å². The fourth-order valence-corrected chi connectivity index (χ4v) is 3.36.